The van der Waals surface area contributed by atoms with E-state index in [1.807, 2.05) is 25.7 Å². The second kappa shape index (κ2) is 8.88. The van der Waals surface area contributed by atoms with Crippen molar-refractivity contribution in [2.45, 2.75) is 58.5 Å². The number of piperidine rings is 2. The van der Waals surface area contributed by atoms with Gasteiger partial charge in [-0.05, 0) is 72.0 Å². The van der Waals surface area contributed by atoms with Gasteiger partial charge in [-0.25, -0.2) is 4.79 Å². The minimum Gasteiger partial charge on any atom is -0.444 e. The molecular formula is C18H35N3O2. The third kappa shape index (κ3) is 7.08. The number of ether oxygens (including phenoxy) is 1. The summed E-state index contributed by atoms with van der Waals surface area (Å²) in [7, 11) is 0. The van der Waals surface area contributed by atoms with E-state index in [4.69, 9.17) is 4.74 Å². The van der Waals surface area contributed by atoms with Crippen LogP contribution in [0, 0.1) is 5.92 Å². The molecule has 5 nitrogen and oxygen atoms in total. The summed E-state index contributed by atoms with van der Waals surface area (Å²) in [6, 6.07) is 0. The predicted octanol–water partition coefficient (Wildman–Crippen LogP) is 2.71. The molecule has 0 bridgehead atoms. The molecule has 0 aromatic carbocycles. The molecule has 0 unspecified atom stereocenters. The highest BCUT2D eigenvalue weighted by atomic mass is 16.6. The van der Waals surface area contributed by atoms with Crippen LogP contribution < -0.4 is 5.32 Å². The highest BCUT2D eigenvalue weighted by Gasteiger charge is 2.26. The minimum atomic E-state index is -0.399. The fourth-order valence-electron chi connectivity index (χ4n) is 3.37. The van der Waals surface area contributed by atoms with Gasteiger partial charge in [0.15, 0.2) is 0 Å². The van der Waals surface area contributed by atoms with Crippen LogP contribution in [0.1, 0.15) is 52.9 Å². The molecule has 2 aliphatic heterocycles. The highest BCUT2D eigenvalue weighted by molar-refractivity contribution is 5.68. The van der Waals surface area contributed by atoms with E-state index in [0.29, 0.717) is 5.92 Å². The Morgan fingerprint density at radius 3 is 2.35 bits per heavy atom. The maximum atomic E-state index is 12.0. The summed E-state index contributed by atoms with van der Waals surface area (Å²) in [5.74, 6) is 0.690. The van der Waals surface area contributed by atoms with Crippen LogP contribution in [0.5, 0.6) is 0 Å². The average Bonchev–Trinajstić information content (AvgIpc) is 2.51. The van der Waals surface area contributed by atoms with Crippen molar-refractivity contribution in [3.8, 4) is 0 Å². The fraction of sp³-hybridized carbons (Fsp3) is 0.944. The molecule has 0 atom stereocenters. The molecule has 2 saturated heterocycles. The molecular weight excluding hydrogens is 290 g/mol. The van der Waals surface area contributed by atoms with Crippen molar-refractivity contribution >= 4 is 6.09 Å². The van der Waals surface area contributed by atoms with Gasteiger partial charge in [-0.2, -0.15) is 0 Å². The smallest absolute Gasteiger partial charge is 0.410 e. The zero-order valence-electron chi connectivity index (χ0n) is 15.3. The number of carbonyl (C=O) groups excluding carboxylic acids is 1. The largest absolute Gasteiger partial charge is 0.444 e. The van der Waals surface area contributed by atoms with Crippen LogP contribution in [0.25, 0.3) is 0 Å². The van der Waals surface area contributed by atoms with Crippen molar-refractivity contribution < 1.29 is 9.53 Å². The zero-order valence-corrected chi connectivity index (χ0v) is 15.3. The summed E-state index contributed by atoms with van der Waals surface area (Å²) in [6.45, 7) is 13.3. The van der Waals surface area contributed by atoms with Gasteiger partial charge in [0.25, 0.3) is 0 Å². The first kappa shape index (κ1) is 18.5. The monoisotopic (exact) mass is 325 g/mol. The Balaban J connectivity index is 1.55. The van der Waals surface area contributed by atoms with E-state index in [2.05, 4.69) is 10.2 Å². The van der Waals surface area contributed by atoms with Crippen LogP contribution in [0.3, 0.4) is 0 Å². The lowest BCUT2D eigenvalue weighted by molar-refractivity contribution is 0.0184. The fourth-order valence-corrected chi connectivity index (χ4v) is 3.37. The SMILES string of the molecule is CC(C)(C)OC(=O)N1CCC(CNCCN2CCCCC2)CC1. The molecule has 0 saturated carbocycles. The Bertz CT molecular complexity index is 354. The molecule has 2 heterocycles. The zero-order chi connectivity index (χ0) is 16.7. The van der Waals surface area contributed by atoms with Crippen LogP contribution in [0.2, 0.25) is 0 Å². The first-order chi connectivity index (χ1) is 10.9. The Hall–Kier alpha value is -0.810. The van der Waals surface area contributed by atoms with Crippen molar-refractivity contribution in [1.82, 2.24) is 15.1 Å². The van der Waals surface area contributed by atoms with Crippen LogP contribution >= 0.6 is 0 Å². The van der Waals surface area contributed by atoms with Gasteiger partial charge in [-0.1, -0.05) is 6.42 Å². The van der Waals surface area contributed by atoms with E-state index < -0.39 is 5.60 Å². The Morgan fingerprint density at radius 1 is 1.09 bits per heavy atom. The molecule has 1 N–H and O–H groups in total. The van der Waals surface area contributed by atoms with Crippen LogP contribution in [0.4, 0.5) is 4.79 Å². The van der Waals surface area contributed by atoms with Crippen molar-refractivity contribution in [1.29, 1.82) is 0 Å². The van der Waals surface area contributed by atoms with E-state index in [1.165, 1.54) is 38.9 Å². The minimum absolute atomic E-state index is 0.158. The van der Waals surface area contributed by atoms with Crippen LogP contribution in [-0.4, -0.2) is 67.3 Å². The highest BCUT2D eigenvalue weighted by Crippen LogP contribution is 2.19. The lowest BCUT2D eigenvalue weighted by Gasteiger charge is -2.33. The first-order valence-electron chi connectivity index (χ1n) is 9.35. The number of carbonyl (C=O) groups is 1. The molecule has 1 amide bonds. The van der Waals surface area contributed by atoms with E-state index in [0.717, 1.165) is 39.0 Å². The third-order valence-corrected chi connectivity index (χ3v) is 4.75. The summed E-state index contributed by atoms with van der Waals surface area (Å²) in [6.07, 6.45) is 6.13. The van der Waals surface area contributed by atoms with Gasteiger partial charge in [0, 0.05) is 26.2 Å². The summed E-state index contributed by atoms with van der Waals surface area (Å²) < 4.78 is 5.44. The van der Waals surface area contributed by atoms with E-state index in [1.54, 1.807) is 0 Å². The summed E-state index contributed by atoms with van der Waals surface area (Å²) >= 11 is 0. The molecule has 134 valence electrons. The first-order valence-corrected chi connectivity index (χ1v) is 9.35. The average molecular weight is 325 g/mol. The van der Waals surface area contributed by atoms with E-state index in [-0.39, 0.29) is 6.09 Å². The number of rotatable bonds is 5. The number of likely N-dealkylation sites (tertiary alicyclic amines) is 2. The van der Waals surface area contributed by atoms with Crippen LogP contribution in [0.15, 0.2) is 0 Å². The number of hydrogen-bond acceptors (Lipinski definition) is 4. The molecule has 0 aromatic heterocycles. The normalized spacial score (nSPS) is 21.4. The summed E-state index contributed by atoms with van der Waals surface area (Å²) in [4.78, 5) is 16.5. The third-order valence-electron chi connectivity index (χ3n) is 4.75. The maximum absolute atomic E-state index is 12.0. The van der Waals surface area contributed by atoms with Gasteiger partial charge >= 0.3 is 6.09 Å². The molecule has 0 spiro atoms. The molecule has 2 fully saturated rings. The van der Waals surface area contributed by atoms with Gasteiger partial charge in [-0.3, -0.25) is 0 Å². The summed E-state index contributed by atoms with van der Waals surface area (Å²) in [5, 5.41) is 3.61. The molecule has 2 aliphatic rings. The number of hydrogen-bond donors (Lipinski definition) is 1. The molecule has 0 aliphatic carbocycles. The van der Waals surface area contributed by atoms with Gasteiger partial charge < -0.3 is 19.9 Å². The molecule has 23 heavy (non-hydrogen) atoms. The lowest BCUT2D eigenvalue weighted by atomic mass is 9.97. The quantitative estimate of drug-likeness (QED) is 0.790. The molecule has 2 rings (SSSR count). The van der Waals surface area contributed by atoms with Gasteiger partial charge in [-0.15, -0.1) is 0 Å². The second-order valence-electron chi connectivity index (χ2n) is 8.02. The van der Waals surface area contributed by atoms with E-state index >= 15 is 0 Å². The predicted molar refractivity (Wildman–Crippen MR) is 93.7 cm³/mol. The van der Waals surface area contributed by atoms with Crippen molar-refractivity contribution in [2.24, 2.45) is 5.92 Å². The van der Waals surface area contributed by atoms with Gasteiger partial charge in [0.2, 0.25) is 0 Å². The van der Waals surface area contributed by atoms with Crippen molar-refractivity contribution in [3.63, 3.8) is 0 Å². The molecule has 0 aromatic rings. The Morgan fingerprint density at radius 2 is 1.74 bits per heavy atom. The van der Waals surface area contributed by atoms with Gasteiger partial charge in [0.05, 0.1) is 0 Å². The second-order valence-corrected chi connectivity index (χ2v) is 8.02. The Kier molecular flexibility index (Phi) is 7.15. The topological polar surface area (TPSA) is 44.8 Å². The number of nitrogens with zero attached hydrogens (tertiary/aromatic N) is 2. The van der Waals surface area contributed by atoms with E-state index in [9.17, 15) is 4.79 Å². The van der Waals surface area contributed by atoms with Gasteiger partial charge in [0.1, 0.15) is 5.60 Å². The van der Waals surface area contributed by atoms with Crippen molar-refractivity contribution in [2.75, 3.05) is 45.8 Å². The van der Waals surface area contributed by atoms with Crippen molar-refractivity contribution in [3.05, 3.63) is 0 Å². The lowest BCUT2D eigenvalue weighted by Crippen LogP contribution is -2.44. The molecule has 0 radical (unpaired) electrons. The molecule has 5 heteroatoms. The Labute approximate surface area is 141 Å². The standard InChI is InChI=1S/C18H35N3O2/c1-18(2,3)23-17(22)21-12-7-16(8-13-21)15-19-9-14-20-10-5-4-6-11-20/h16,19H,4-15H2,1-3H3. The van der Waals surface area contributed by atoms with Crippen LogP contribution in [-0.2, 0) is 4.74 Å². The number of amides is 1. The maximum Gasteiger partial charge on any atom is 0.410 e. The summed E-state index contributed by atoms with van der Waals surface area (Å²) in [5.41, 5.74) is -0.399. The number of nitrogens with one attached hydrogen (secondary N) is 1.